The average molecular weight is 592 g/mol. The molecule has 2 aromatic heterocycles. The number of benzene rings is 2. The summed E-state index contributed by atoms with van der Waals surface area (Å²) in [7, 11) is -2.17. The second kappa shape index (κ2) is 10.3. The van der Waals surface area contributed by atoms with E-state index in [0.29, 0.717) is 22.6 Å². The summed E-state index contributed by atoms with van der Waals surface area (Å²) in [6, 6.07) is 8.85. The number of nitrogens with one attached hydrogen (secondary N) is 2. The number of sulfonamides is 1. The van der Waals surface area contributed by atoms with Gasteiger partial charge in [-0.05, 0) is 54.2 Å². The van der Waals surface area contributed by atoms with Gasteiger partial charge in [0, 0.05) is 17.5 Å². The molecule has 4 aromatic rings. The van der Waals surface area contributed by atoms with Gasteiger partial charge in [0.25, 0.3) is 5.91 Å². The maximum atomic E-state index is 13.6. The van der Waals surface area contributed by atoms with Crippen LogP contribution in [-0.2, 0) is 27.4 Å². The summed E-state index contributed by atoms with van der Waals surface area (Å²) in [5.41, 5.74) is 4.73. The number of rotatable bonds is 7. The Morgan fingerprint density at radius 2 is 1.83 bits per heavy atom. The van der Waals surface area contributed by atoms with Crippen LogP contribution in [0.4, 0.5) is 11.4 Å². The predicted molar refractivity (Wildman–Crippen MR) is 163 cm³/mol. The van der Waals surface area contributed by atoms with E-state index in [1.54, 1.807) is 28.9 Å². The Morgan fingerprint density at radius 1 is 1.12 bits per heavy atom. The van der Waals surface area contributed by atoms with Crippen LogP contribution >= 0.6 is 0 Å². The molecule has 0 saturated heterocycles. The van der Waals surface area contributed by atoms with Crippen molar-refractivity contribution in [2.75, 3.05) is 23.4 Å². The van der Waals surface area contributed by atoms with Gasteiger partial charge in [0.05, 0.1) is 48.5 Å². The van der Waals surface area contributed by atoms with E-state index in [9.17, 15) is 13.2 Å². The largest absolute Gasteiger partial charge is 0.492 e. The number of imidazole rings is 1. The lowest BCUT2D eigenvalue weighted by molar-refractivity contribution is 0.102. The molecule has 0 atom stereocenters. The van der Waals surface area contributed by atoms with Crippen LogP contribution in [0.2, 0.25) is 0 Å². The highest BCUT2D eigenvalue weighted by molar-refractivity contribution is 7.92. The Labute approximate surface area is 246 Å². The van der Waals surface area contributed by atoms with E-state index in [0.717, 1.165) is 41.9 Å². The molecule has 42 heavy (non-hydrogen) atoms. The van der Waals surface area contributed by atoms with Gasteiger partial charge in [-0.3, -0.25) is 9.52 Å². The predicted octanol–water partition coefficient (Wildman–Crippen LogP) is 5.05. The first-order valence-corrected chi connectivity index (χ1v) is 15.6. The number of fused-ring (bicyclic) bond motifs is 1. The van der Waals surface area contributed by atoms with Gasteiger partial charge in [-0.25, -0.2) is 18.1 Å². The highest BCUT2D eigenvalue weighted by Crippen LogP contribution is 2.40. The molecule has 0 saturated carbocycles. The Balaban J connectivity index is 1.48. The zero-order valence-electron chi connectivity index (χ0n) is 25.2. The zero-order chi connectivity index (χ0) is 30.6. The fourth-order valence-corrected chi connectivity index (χ4v) is 5.74. The number of carbonyl (C=O) groups excluding carboxylic acids is 1. The summed E-state index contributed by atoms with van der Waals surface area (Å²) in [4.78, 5) is 18.2. The van der Waals surface area contributed by atoms with E-state index in [1.165, 1.54) is 7.11 Å². The minimum atomic E-state index is -3.60. The lowest BCUT2D eigenvalue weighted by atomic mass is 9.86. The summed E-state index contributed by atoms with van der Waals surface area (Å²) in [5, 5.41) is 11.7. The van der Waals surface area contributed by atoms with Gasteiger partial charge in [0.2, 0.25) is 10.0 Å². The van der Waals surface area contributed by atoms with Crippen LogP contribution in [0, 0.1) is 6.92 Å². The maximum absolute atomic E-state index is 13.6. The number of hydrogen-bond acceptors (Lipinski definition) is 7. The first-order valence-electron chi connectivity index (χ1n) is 13.7. The Bertz CT molecular complexity index is 1800. The fraction of sp³-hybridized carbons (Fsp3) is 0.400. The molecule has 0 bridgehead atoms. The summed E-state index contributed by atoms with van der Waals surface area (Å²) in [5.74, 6) is 0.872. The molecule has 0 radical (unpaired) electrons. The zero-order valence-corrected chi connectivity index (χ0v) is 26.0. The van der Waals surface area contributed by atoms with E-state index in [-0.39, 0.29) is 28.2 Å². The fourth-order valence-electron chi connectivity index (χ4n) is 5.19. The van der Waals surface area contributed by atoms with Gasteiger partial charge in [-0.1, -0.05) is 45.9 Å². The Hall–Kier alpha value is -4.19. The van der Waals surface area contributed by atoms with Crippen molar-refractivity contribution >= 4 is 27.3 Å². The number of hydrogen-bond donors (Lipinski definition) is 2. The third-order valence-corrected chi connectivity index (χ3v) is 8.19. The van der Waals surface area contributed by atoms with Crippen molar-refractivity contribution in [3.05, 3.63) is 65.2 Å². The third kappa shape index (κ3) is 5.63. The molecule has 12 heteroatoms. The normalized spacial score (nSPS) is 14.5. The molecule has 5 rings (SSSR count). The number of methoxy groups -OCH3 is 1. The lowest BCUT2D eigenvalue weighted by Crippen LogP contribution is -2.18. The molecule has 222 valence electrons. The number of nitrogens with zero attached hydrogens (tertiary/aromatic N) is 5. The van der Waals surface area contributed by atoms with Gasteiger partial charge in [0.15, 0.2) is 5.75 Å². The van der Waals surface area contributed by atoms with Gasteiger partial charge >= 0.3 is 0 Å². The molecule has 0 spiro atoms. The van der Waals surface area contributed by atoms with Crippen LogP contribution in [0.3, 0.4) is 0 Å². The van der Waals surface area contributed by atoms with Crippen LogP contribution in [0.1, 0.15) is 68.3 Å². The first-order chi connectivity index (χ1) is 19.6. The van der Waals surface area contributed by atoms with E-state index >= 15 is 0 Å². The second-order valence-electron chi connectivity index (χ2n) is 12.5. The Kier molecular flexibility index (Phi) is 7.16. The van der Waals surface area contributed by atoms with E-state index in [1.807, 2.05) is 46.2 Å². The molecule has 0 fully saturated rings. The van der Waals surface area contributed by atoms with Crippen LogP contribution < -0.4 is 14.8 Å². The van der Waals surface area contributed by atoms with Crippen molar-refractivity contribution < 1.29 is 17.9 Å². The van der Waals surface area contributed by atoms with Crippen molar-refractivity contribution in [3.63, 3.8) is 0 Å². The molecule has 11 nitrogen and oxygen atoms in total. The van der Waals surface area contributed by atoms with E-state index in [4.69, 9.17) is 4.74 Å². The van der Waals surface area contributed by atoms with Crippen LogP contribution in [0.25, 0.3) is 17.1 Å². The summed E-state index contributed by atoms with van der Waals surface area (Å²) >= 11 is 0. The van der Waals surface area contributed by atoms with Crippen LogP contribution in [-0.4, -0.2) is 52.2 Å². The number of aromatic nitrogens is 5. The number of amides is 1. The van der Waals surface area contributed by atoms with Crippen molar-refractivity contribution in [1.29, 1.82) is 0 Å². The van der Waals surface area contributed by atoms with Crippen molar-refractivity contribution in [1.82, 2.24) is 24.5 Å². The van der Waals surface area contributed by atoms with Gasteiger partial charge in [-0.2, -0.15) is 0 Å². The molecule has 0 aliphatic carbocycles. The van der Waals surface area contributed by atoms with Gasteiger partial charge in [0.1, 0.15) is 11.5 Å². The monoisotopic (exact) mass is 591 g/mol. The minimum Gasteiger partial charge on any atom is -0.492 e. The number of carbonyl (C=O) groups is 1. The van der Waals surface area contributed by atoms with Crippen molar-refractivity contribution in [3.8, 4) is 22.8 Å². The average Bonchev–Trinajstić information content (AvgIpc) is 3.60. The molecule has 1 amide bonds. The molecule has 0 unspecified atom stereocenters. The van der Waals surface area contributed by atoms with Gasteiger partial charge < -0.3 is 14.6 Å². The number of aryl methyl sites for hydroxylation is 1. The highest BCUT2D eigenvalue weighted by Gasteiger charge is 2.34. The highest BCUT2D eigenvalue weighted by atomic mass is 32.2. The molecule has 3 heterocycles. The third-order valence-electron chi connectivity index (χ3n) is 7.60. The van der Waals surface area contributed by atoms with Crippen molar-refractivity contribution in [2.45, 2.75) is 65.3 Å². The minimum absolute atomic E-state index is 0.0171. The molecule has 1 aliphatic rings. The standard InChI is InChI=1S/C30H37N7O4S/c1-18-9-10-19(13-24(18)37-17-23(33-35-37)25-16-31-28-30(5,6)11-12-36(25)28)27(38)32-21-14-20(29(2,3)4)15-22(26(21)41-7)34-42(8,39)40/h9-10,13-17,34H,11-12H2,1-8H3,(H,32,38). The number of ether oxygens (including phenoxy) is 1. The summed E-state index contributed by atoms with van der Waals surface area (Å²) in [6.45, 7) is 13.2. The molecule has 1 aliphatic heterocycles. The number of anilines is 2. The smallest absolute Gasteiger partial charge is 0.255 e. The topological polar surface area (TPSA) is 133 Å². The van der Waals surface area contributed by atoms with Crippen LogP contribution in [0.5, 0.6) is 5.75 Å². The van der Waals surface area contributed by atoms with Crippen molar-refractivity contribution in [2.24, 2.45) is 0 Å². The second-order valence-corrected chi connectivity index (χ2v) is 14.2. The molecule has 2 aromatic carbocycles. The molecule has 2 N–H and O–H groups in total. The van der Waals surface area contributed by atoms with E-state index < -0.39 is 10.0 Å². The molecular formula is C30H37N7O4S. The summed E-state index contributed by atoms with van der Waals surface area (Å²) in [6.07, 6.45) is 5.77. The van der Waals surface area contributed by atoms with E-state index in [2.05, 4.69) is 43.7 Å². The quantitative estimate of drug-likeness (QED) is 0.307. The maximum Gasteiger partial charge on any atom is 0.255 e. The lowest BCUT2D eigenvalue weighted by Gasteiger charge is -2.24. The SMILES string of the molecule is COc1c(NC(=O)c2ccc(C)c(-n3cc(-c4cnc5n4CCC5(C)C)nn3)c2)cc(C(C)(C)C)cc1NS(C)(=O)=O. The molecular weight excluding hydrogens is 554 g/mol. The van der Waals surface area contributed by atoms with Crippen LogP contribution in [0.15, 0.2) is 42.7 Å². The first kappa shape index (κ1) is 29.3. The van der Waals surface area contributed by atoms with Gasteiger partial charge in [-0.15, -0.1) is 5.10 Å². The summed E-state index contributed by atoms with van der Waals surface area (Å²) < 4.78 is 36.1. The Morgan fingerprint density at radius 3 is 2.50 bits per heavy atom.